The van der Waals surface area contributed by atoms with Gasteiger partial charge in [0.15, 0.2) is 12.2 Å². The molecule has 0 bridgehead atoms. The molecule has 3 aliphatic heterocycles. The van der Waals surface area contributed by atoms with Crippen LogP contribution in [0.25, 0.3) is 0 Å². The maximum absolute atomic E-state index is 15.5. The quantitative estimate of drug-likeness (QED) is 0.0764. The largest absolute Gasteiger partial charge is 0.497 e. The Labute approximate surface area is 355 Å². The predicted octanol–water partition coefficient (Wildman–Crippen LogP) is 6.83. The van der Waals surface area contributed by atoms with E-state index in [1.165, 1.54) is 12.1 Å². The number of rotatable bonds is 13. The summed E-state index contributed by atoms with van der Waals surface area (Å²) in [6.07, 6.45) is -0.847. The molecule has 0 aliphatic carbocycles. The van der Waals surface area contributed by atoms with Crippen molar-refractivity contribution in [2.45, 2.75) is 56.8 Å². The van der Waals surface area contributed by atoms with Crippen molar-refractivity contribution in [2.75, 3.05) is 36.7 Å². The van der Waals surface area contributed by atoms with Crippen LogP contribution in [0.2, 0.25) is 18.6 Å². The average Bonchev–Trinajstić information content (AvgIpc) is 3.69. The lowest BCUT2D eigenvalue weighted by Gasteiger charge is -2.37. The number of fused-ring (bicyclic) bond motifs is 3. The summed E-state index contributed by atoms with van der Waals surface area (Å²) >= 11 is 0. The summed E-state index contributed by atoms with van der Waals surface area (Å²) in [6.45, 7) is 6.46. The summed E-state index contributed by atoms with van der Waals surface area (Å²) in [5.41, 5.74) is 1.49. The molecule has 314 valence electrons. The third-order valence-corrected chi connectivity index (χ3v) is 16.9. The van der Waals surface area contributed by atoms with Crippen LogP contribution in [0.1, 0.15) is 30.0 Å². The Balaban J connectivity index is 1.20. The molecule has 3 amide bonds. The van der Waals surface area contributed by atoms with E-state index in [0.29, 0.717) is 39.7 Å². The Hall–Kier alpha value is -6.35. The summed E-state index contributed by atoms with van der Waals surface area (Å²) in [5, 5.41) is 23.5. The van der Waals surface area contributed by atoms with Crippen LogP contribution in [0.5, 0.6) is 11.5 Å². The zero-order valence-electron chi connectivity index (χ0n) is 34.5. The lowest BCUT2D eigenvalue weighted by Crippen LogP contribution is -2.52. The third kappa shape index (κ3) is 7.44. The van der Waals surface area contributed by atoms with E-state index in [9.17, 15) is 24.8 Å². The molecule has 3 heterocycles. The Morgan fingerprint density at radius 1 is 0.934 bits per heavy atom. The summed E-state index contributed by atoms with van der Waals surface area (Å²) in [4.78, 5) is 59.9. The van der Waals surface area contributed by atoms with Gasteiger partial charge in [-0.05, 0) is 59.1 Å². The van der Waals surface area contributed by atoms with Gasteiger partial charge in [-0.2, -0.15) is 0 Å². The number of para-hydroxylation sites is 2. The van der Waals surface area contributed by atoms with Crippen LogP contribution in [-0.2, 0) is 37.8 Å². The van der Waals surface area contributed by atoms with Crippen LogP contribution in [0, 0.1) is 16.0 Å². The fourth-order valence-corrected chi connectivity index (χ4v) is 13.7. The van der Waals surface area contributed by atoms with Crippen molar-refractivity contribution >= 4 is 53.7 Å². The van der Waals surface area contributed by atoms with Gasteiger partial charge in [-0.3, -0.25) is 29.4 Å². The molecule has 0 saturated carbocycles. The van der Waals surface area contributed by atoms with Gasteiger partial charge in [0.25, 0.3) is 17.5 Å². The Morgan fingerprint density at radius 3 is 2.38 bits per heavy atom. The lowest BCUT2D eigenvalue weighted by atomic mass is 9.82. The van der Waals surface area contributed by atoms with E-state index >= 15 is 4.79 Å². The molecule has 4 atom stereocenters. The van der Waals surface area contributed by atoms with Crippen LogP contribution in [0.15, 0.2) is 121 Å². The van der Waals surface area contributed by atoms with Crippen LogP contribution in [0.4, 0.5) is 22.7 Å². The van der Waals surface area contributed by atoms with Gasteiger partial charge in [0.2, 0.25) is 5.91 Å². The Morgan fingerprint density at radius 2 is 1.66 bits per heavy atom. The van der Waals surface area contributed by atoms with E-state index in [1.807, 2.05) is 104 Å². The number of anilines is 3. The first-order valence-electron chi connectivity index (χ1n) is 20.4. The van der Waals surface area contributed by atoms with Crippen molar-refractivity contribution in [3.63, 3.8) is 0 Å². The highest BCUT2D eigenvalue weighted by atomic mass is 28.3. The topological polar surface area (TPSA) is 152 Å². The number of nitrogens with zero attached hydrogens (tertiary/aromatic N) is 4. The zero-order valence-corrected chi connectivity index (χ0v) is 35.5. The maximum Gasteiger partial charge on any atom is 0.269 e. The van der Waals surface area contributed by atoms with Crippen LogP contribution in [-0.4, -0.2) is 73.7 Å². The summed E-state index contributed by atoms with van der Waals surface area (Å²) < 4.78 is 18.3. The SMILES string of the molecule is COc1ccc([Si](C)(C)[C@@H]2[C@@H](CC(=O)N(CCO)Cc3ccccc3)O[C@]3(C(=O)N(Cc4cccc(N5C(=O)COc6ccccc65)c4)c4ccc([N+](=O)[O-])cc43)[C@H]2C)cc1. The van der Waals surface area contributed by atoms with E-state index in [2.05, 4.69) is 13.1 Å². The molecule has 1 spiro atoms. The van der Waals surface area contributed by atoms with E-state index < -0.39 is 30.6 Å². The Kier molecular flexibility index (Phi) is 11.3. The number of carbonyl (C=O) groups is 3. The van der Waals surface area contributed by atoms with E-state index in [0.717, 1.165) is 10.8 Å². The van der Waals surface area contributed by atoms with Crippen molar-refractivity contribution in [1.82, 2.24) is 4.90 Å². The molecule has 8 rings (SSSR count). The van der Waals surface area contributed by atoms with Gasteiger partial charge in [-0.15, -0.1) is 0 Å². The molecule has 1 fully saturated rings. The number of benzene rings is 5. The van der Waals surface area contributed by atoms with Gasteiger partial charge in [-0.1, -0.05) is 91.9 Å². The van der Waals surface area contributed by atoms with E-state index in [1.54, 1.807) is 33.9 Å². The van der Waals surface area contributed by atoms with Crippen molar-refractivity contribution < 1.29 is 38.6 Å². The number of nitro groups is 1. The fourth-order valence-electron chi connectivity index (χ4n) is 9.65. The monoisotopic (exact) mass is 840 g/mol. The average molecular weight is 841 g/mol. The molecule has 5 aromatic rings. The number of carbonyl (C=O) groups excluding carboxylic acids is 3. The second-order valence-electron chi connectivity index (χ2n) is 16.4. The first-order chi connectivity index (χ1) is 29.4. The van der Waals surface area contributed by atoms with Gasteiger partial charge in [-0.25, -0.2) is 0 Å². The zero-order chi connectivity index (χ0) is 43.1. The number of hydrogen-bond acceptors (Lipinski definition) is 9. The second-order valence-corrected chi connectivity index (χ2v) is 21.1. The van der Waals surface area contributed by atoms with Gasteiger partial charge in [0.1, 0.15) is 11.5 Å². The van der Waals surface area contributed by atoms with Gasteiger partial charge >= 0.3 is 0 Å². The normalized spacial score (nSPS) is 20.6. The third-order valence-electron chi connectivity index (χ3n) is 12.6. The molecular formula is C47H48N4O9Si. The van der Waals surface area contributed by atoms with Crippen molar-refractivity contribution in [3.8, 4) is 11.5 Å². The molecule has 0 unspecified atom stereocenters. The minimum Gasteiger partial charge on any atom is -0.497 e. The highest BCUT2D eigenvalue weighted by molar-refractivity contribution is 6.91. The number of aliphatic hydroxyl groups is 1. The smallest absolute Gasteiger partial charge is 0.269 e. The first kappa shape index (κ1) is 41.4. The number of ether oxygens (including phenoxy) is 3. The Bertz CT molecular complexity index is 2480. The summed E-state index contributed by atoms with van der Waals surface area (Å²) in [7, 11) is -1.09. The highest BCUT2D eigenvalue weighted by Crippen LogP contribution is 2.60. The minimum absolute atomic E-state index is 0.0738. The number of non-ortho nitro benzene ring substituents is 1. The molecule has 14 heteroatoms. The number of amides is 3. The molecule has 3 aliphatic rings. The molecule has 1 saturated heterocycles. The number of hydrogen-bond donors (Lipinski definition) is 1. The molecule has 5 aromatic carbocycles. The van der Waals surface area contributed by atoms with E-state index in [-0.39, 0.29) is 68.2 Å². The lowest BCUT2D eigenvalue weighted by molar-refractivity contribution is -0.385. The van der Waals surface area contributed by atoms with E-state index in [4.69, 9.17) is 14.2 Å². The minimum atomic E-state index is -2.69. The fraction of sp³-hybridized carbons (Fsp3) is 0.298. The summed E-state index contributed by atoms with van der Waals surface area (Å²) in [5.74, 6) is -0.132. The summed E-state index contributed by atoms with van der Waals surface area (Å²) in [6, 6.07) is 36.5. The predicted molar refractivity (Wildman–Crippen MR) is 233 cm³/mol. The molecule has 0 aromatic heterocycles. The van der Waals surface area contributed by atoms with Crippen LogP contribution < -0.4 is 24.5 Å². The standard InChI is InChI=1S/C47H48N4O9Si/c1-31-45(61(3,4)37-20-18-36(58-2)19-21-37)42(27-43(53)48(23-24-52)28-32-11-6-5-7-12-32)60-47(31)38-26-35(51(56)57)17-22-39(38)49(46(47)55)29-33-13-10-14-34(25-33)50-40-15-8-9-16-41(40)59-30-44(50)54/h5-22,25-26,31,42,45,52H,23-24,27-30H2,1-4H3/t31-,42+,45-,47+/m0/s1. The van der Waals surface area contributed by atoms with Gasteiger partial charge in [0.05, 0.1) is 57.2 Å². The molecule has 0 radical (unpaired) electrons. The number of methoxy groups -OCH3 is 1. The molecular weight excluding hydrogens is 793 g/mol. The van der Waals surface area contributed by atoms with Gasteiger partial charge < -0.3 is 29.1 Å². The van der Waals surface area contributed by atoms with Crippen LogP contribution >= 0.6 is 0 Å². The number of nitro benzene ring substituents is 1. The number of aliphatic hydroxyl groups excluding tert-OH is 1. The highest BCUT2D eigenvalue weighted by Gasteiger charge is 2.67. The van der Waals surface area contributed by atoms with Gasteiger partial charge in [0, 0.05) is 42.4 Å². The first-order valence-corrected chi connectivity index (χ1v) is 23.4. The molecule has 13 nitrogen and oxygen atoms in total. The van der Waals surface area contributed by atoms with Crippen molar-refractivity contribution in [3.05, 3.63) is 148 Å². The molecule has 61 heavy (non-hydrogen) atoms. The second kappa shape index (κ2) is 16.6. The maximum atomic E-state index is 15.5. The van der Waals surface area contributed by atoms with Crippen LogP contribution in [0.3, 0.4) is 0 Å². The van der Waals surface area contributed by atoms with Crippen molar-refractivity contribution in [2.24, 2.45) is 5.92 Å². The van der Waals surface area contributed by atoms with Crippen molar-refractivity contribution in [1.29, 1.82) is 0 Å². The molecule has 1 N–H and O–H groups in total.